The van der Waals surface area contributed by atoms with Crippen LogP contribution in [0.1, 0.15) is 33.9 Å². The number of carbonyl (C=O) groups is 2. The van der Waals surface area contributed by atoms with E-state index in [1.54, 1.807) is 35.7 Å². The minimum Gasteiger partial charge on any atom is -0.462 e. The van der Waals surface area contributed by atoms with Gasteiger partial charge in [-0.05, 0) is 35.6 Å². The second kappa shape index (κ2) is 7.04. The van der Waals surface area contributed by atoms with Crippen molar-refractivity contribution >= 4 is 23.3 Å². The lowest BCUT2D eigenvalue weighted by molar-refractivity contribution is 0.0457. The molecule has 0 aliphatic heterocycles. The molecular formula is C16H16O4S. The molecule has 0 N–H and O–H groups in total. The molecule has 2 rings (SSSR count). The van der Waals surface area contributed by atoms with E-state index in [0.717, 1.165) is 0 Å². The van der Waals surface area contributed by atoms with Crippen LogP contribution in [0.4, 0.5) is 0 Å². The number of ether oxygens (including phenoxy) is 2. The molecule has 0 amide bonds. The molecular weight excluding hydrogens is 288 g/mol. The molecule has 2 aromatic rings. The second-order valence-corrected chi connectivity index (χ2v) is 5.83. The van der Waals surface area contributed by atoms with Crippen LogP contribution < -0.4 is 4.74 Å². The van der Waals surface area contributed by atoms with Crippen molar-refractivity contribution in [3.8, 4) is 5.75 Å². The molecule has 1 heterocycles. The van der Waals surface area contributed by atoms with Crippen molar-refractivity contribution in [3.63, 3.8) is 0 Å². The van der Waals surface area contributed by atoms with Gasteiger partial charge in [0.05, 0.1) is 12.2 Å². The predicted octanol–water partition coefficient (Wildman–Crippen LogP) is 3.78. The van der Waals surface area contributed by atoms with Gasteiger partial charge in [0.15, 0.2) is 0 Å². The minimum atomic E-state index is -0.433. The van der Waals surface area contributed by atoms with E-state index in [2.05, 4.69) is 0 Å². The lowest BCUT2D eigenvalue weighted by Gasteiger charge is -2.08. The van der Waals surface area contributed by atoms with Gasteiger partial charge in [0, 0.05) is 0 Å². The molecule has 0 fully saturated rings. The largest absolute Gasteiger partial charge is 0.462 e. The van der Waals surface area contributed by atoms with Crippen molar-refractivity contribution < 1.29 is 19.1 Å². The molecule has 0 atom stereocenters. The fourth-order valence-corrected chi connectivity index (χ4v) is 2.16. The van der Waals surface area contributed by atoms with E-state index in [1.165, 1.54) is 17.4 Å². The highest BCUT2D eigenvalue weighted by Crippen LogP contribution is 2.18. The highest BCUT2D eigenvalue weighted by atomic mass is 32.1. The van der Waals surface area contributed by atoms with Crippen LogP contribution in [-0.2, 0) is 4.74 Å². The third-order valence-corrected chi connectivity index (χ3v) is 3.40. The zero-order valence-corrected chi connectivity index (χ0v) is 12.7. The van der Waals surface area contributed by atoms with Crippen LogP contribution in [0.15, 0.2) is 41.8 Å². The first-order valence-electron chi connectivity index (χ1n) is 6.59. The van der Waals surface area contributed by atoms with E-state index >= 15 is 0 Å². The summed E-state index contributed by atoms with van der Waals surface area (Å²) < 4.78 is 10.4. The summed E-state index contributed by atoms with van der Waals surface area (Å²) in [5.41, 5.74) is 0.368. The molecule has 0 aliphatic rings. The van der Waals surface area contributed by atoms with Gasteiger partial charge in [-0.1, -0.05) is 26.0 Å². The Balaban J connectivity index is 2.04. The van der Waals surface area contributed by atoms with E-state index < -0.39 is 11.9 Å². The van der Waals surface area contributed by atoms with Crippen molar-refractivity contribution in [1.82, 2.24) is 0 Å². The summed E-state index contributed by atoms with van der Waals surface area (Å²) in [7, 11) is 0. The van der Waals surface area contributed by atoms with E-state index in [-0.39, 0.29) is 5.92 Å². The Labute approximate surface area is 127 Å². The molecule has 110 valence electrons. The van der Waals surface area contributed by atoms with Crippen molar-refractivity contribution in [2.45, 2.75) is 13.8 Å². The van der Waals surface area contributed by atoms with E-state index in [4.69, 9.17) is 9.47 Å². The fourth-order valence-electron chi connectivity index (χ4n) is 1.56. The molecule has 21 heavy (non-hydrogen) atoms. The molecule has 0 radical (unpaired) electrons. The van der Waals surface area contributed by atoms with Gasteiger partial charge < -0.3 is 9.47 Å². The number of hydrogen-bond acceptors (Lipinski definition) is 5. The average molecular weight is 304 g/mol. The van der Waals surface area contributed by atoms with Gasteiger partial charge in [0.25, 0.3) is 0 Å². The number of carbonyl (C=O) groups excluding carboxylic acids is 2. The average Bonchev–Trinajstić information content (AvgIpc) is 2.99. The monoisotopic (exact) mass is 304 g/mol. The maximum atomic E-state index is 11.9. The SMILES string of the molecule is CC(C)COC(=O)c1cccc(OC(=O)c2cccs2)c1. The first-order chi connectivity index (χ1) is 10.1. The number of benzene rings is 1. The highest BCUT2D eigenvalue weighted by Gasteiger charge is 2.12. The van der Waals surface area contributed by atoms with Gasteiger partial charge in [0.1, 0.15) is 10.6 Å². The molecule has 0 bridgehead atoms. The fraction of sp³-hybridized carbons (Fsp3) is 0.250. The summed E-state index contributed by atoms with van der Waals surface area (Å²) in [6.45, 7) is 4.29. The molecule has 0 spiro atoms. The first-order valence-corrected chi connectivity index (χ1v) is 7.47. The number of thiophene rings is 1. The molecule has 1 aromatic carbocycles. The van der Waals surface area contributed by atoms with Crippen LogP contribution in [-0.4, -0.2) is 18.5 Å². The standard InChI is InChI=1S/C16H16O4S/c1-11(2)10-19-15(17)12-5-3-6-13(9-12)20-16(18)14-7-4-8-21-14/h3-9,11H,10H2,1-2H3. The lowest BCUT2D eigenvalue weighted by Crippen LogP contribution is -2.11. The van der Waals surface area contributed by atoms with Gasteiger partial charge >= 0.3 is 11.9 Å². The summed E-state index contributed by atoms with van der Waals surface area (Å²) in [6, 6.07) is 9.89. The maximum absolute atomic E-state index is 11.9. The highest BCUT2D eigenvalue weighted by molar-refractivity contribution is 7.12. The third-order valence-electron chi connectivity index (χ3n) is 2.55. The van der Waals surface area contributed by atoms with E-state index in [0.29, 0.717) is 22.8 Å². The Hall–Kier alpha value is -2.14. The van der Waals surface area contributed by atoms with Crippen LogP contribution in [0.2, 0.25) is 0 Å². The smallest absolute Gasteiger partial charge is 0.353 e. The number of hydrogen-bond donors (Lipinski definition) is 0. The molecule has 0 unspecified atom stereocenters. The maximum Gasteiger partial charge on any atom is 0.353 e. The zero-order chi connectivity index (χ0) is 15.2. The van der Waals surface area contributed by atoms with Crippen LogP contribution in [0.25, 0.3) is 0 Å². The second-order valence-electron chi connectivity index (χ2n) is 4.89. The van der Waals surface area contributed by atoms with E-state index in [9.17, 15) is 9.59 Å². The van der Waals surface area contributed by atoms with E-state index in [1.807, 2.05) is 13.8 Å². The summed E-state index contributed by atoms with van der Waals surface area (Å²) >= 11 is 1.31. The number of esters is 2. The van der Waals surface area contributed by atoms with Gasteiger partial charge in [-0.15, -0.1) is 11.3 Å². The molecule has 0 saturated heterocycles. The number of rotatable bonds is 5. The summed E-state index contributed by atoms with van der Waals surface area (Å²) in [4.78, 5) is 24.2. The van der Waals surface area contributed by atoms with Crippen molar-refractivity contribution in [1.29, 1.82) is 0 Å². The Morgan fingerprint density at radius 1 is 1.14 bits per heavy atom. The Morgan fingerprint density at radius 2 is 1.95 bits per heavy atom. The van der Waals surface area contributed by atoms with Crippen LogP contribution in [0.3, 0.4) is 0 Å². The van der Waals surface area contributed by atoms with Crippen molar-refractivity contribution in [2.24, 2.45) is 5.92 Å². The Bertz CT molecular complexity index is 617. The molecule has 0 aliphatic carbocycles. The van der Waals surface area contributed by atoms with Gasteiger partial charge in [-0.3, -0.25) is 0 Å². The van der Waals surface area contributed by atoms with Crippen LogP contribution in [0, 0.1) is 5.92 Å². The molecule has 5 heteroatoms. The van der Waals surface area contributed by atoms with Gasteiger partial charge in [-0.2, -0.15) is 0 Å². The third kappa shape index (κ3) is 4.43. The summed E-state index contributed by atoms with van der Waals surface area (Å²) in [5, 5.41) is 1.80. The van der Waals surface area contributed by atoms with Crippen LogP contribution >= 0.6 is 11.3 Å². The van der Waals surface area contributed by atoms with Crippen molar-refractivity contribution in [3.05, 3.63) is 52.2 Å². The topological polar surface area (TPSA) is 52.6 Å². The first kappa shape index (κ1) is 15.3. The normalized spacial score (nSPS) is 10.4. The van der Waals surface area contributed by atoms with Gasteiger partial charge in [-0.25, -0.2) is 9.59 Å². The Morgan fingerprint density at radius 3 is 2.62 bits per heavy atom. The van der Waals surface area contributed by atoms with Crippen molar-refractivity contribution in [2.75, 3.05) is 6.61 Å². The predicted molar refractivity (Wildman–Crippen MR) is 80.8 cm³/mol. The minimum absolute atomic E-state index is 0.272. The quantitative estimate of drug-likeness (QED) is 0.623. The Kier molecular flexibility index (Phi) is 5.11. The summed E-state index contributed by atoms with van der Waals surface area (Å²) in [5.74, 6) is -0.253. The molecule has 1 aromatic heterocycles. The molecule has 4 nitrogen and oxygen atoms in total. The van der Waals surface area contributed by atoms with Gasteiger partial charge in [0.2, 0.25) is 0 Å². The zero-order valence-electron chi connectivity index (χ0n) is 11.9. The van der Waals surface area contributed by atoms with Crippen LogP contribution in [0.5, 0.6) is 5.75 Å². The summed E-state index contributed by atoms with van der Waals surface area (Å²) in [6.07, 6.45) is 0. The lowest BCUT2D eigenvalue weighted by atomic mass is 10.2. The molecule has 0 saturated carbocycles.